The van der Waals surface area contributed by atoms with Crippen LogP contribution in [0.2, 0.25) is 5.02 Å². The summed E-state index contributed by atoms with van der Waals surface area (Å²) in [6, 6.07) is -2.06. The van der Waals surface area contributed by atoms with Crippen molar-refractivity contribution in [2.24, 2.45) is 5.73 Å². The third kappa shape index (κ3) is 4.61. The van der Waals surface area contributed by atoms with Crippen LogP contribution in [0.3, 0.4) is 0 Å². The zero-order valence-electron chi connectivity index (χ0n) is 15.7. The van der Waals surface area contributed by atoms with Crippen molar-refractivity contribution in [3.05, 3.63) is 34.4 Å². The molecule has 0 radical (unpaired) electrons. The number of nitrogens with zero attached hydrogens (tertiary/aromatic N) is 2. The number of carbonyl (C=O) groups is 2. The third-order valence-corrected chi connectivity index (χ3v) is 5.76. The van der Waals surface area contributed by atoms with Gasteiger partial charge < -0.3 is 16.0 Å². The molecule has 2 aliphatic heterocycles. The lowest BCUT2D eigenvalue weighted by Gasteiger charge is -2.43. The van der Waals surface area contributed by atoms with E-state index in [1.807, 2.05) is 0 Å². The lowest BCUT2D eigenvalue weighted by molar-refractivity contribution is -0.156. The second-order valence-corrected chi connectivity index (χ2v) is 7.79. The van der Waals surface area contributed by atoms with Crippen molar-refractivity contribution in [3.8, 4) is 0 Å². The molecule has 0 spiro atoms. The number of hydrogen-bond donors (Lipinski definition) is 2. The highest BCUT2D eigenvalue weighted by atomic mass is 35.5. The quantitative estimate of drug-likeness (QED) is 0.530. The molecule has 0 bridgehead atoms. The van der Waals surface area contributed by atoms with Crippen LogP contribution in [0.4, 0.5) is 26.7 Å². The van der Waals surface area contributed by atoms with Crippen LogP contribution in [0.1, 0.15) is 30.9 Å². The summed E-state index contributed by atoms with van der Waals surface area (Å²) in [4.78, 5) is 26.3. The molecule has 3 rings (SSSR count). The topological polar surface area (TPSA) is 78.7 Å². The predicted octanol–water partition coefficient (Wildman–Crippen LogP) is 2.96. The van der Waals surface area contributed by atoms with Crippen molar-refractivity contribution in [2.45, 2.75) is 43.6 Å². The van der Waals surface area contributed by atoms with Crippen molar-refractivity contribution in [1.29, 1.82) is 0 Å². The van der Waals surface area contributed by atoms with Gasteiger partial charge in [0.2, 0.25) is 5.91 Å². The molecule has 6 nitrogen and oxygen atoms in total. The Morgan fingerprint density at radius 2 is 2.00 bits per heavy atom. The number of likely N-dealkylation sites (tertiary alicyclic amines) is 1. The molecule has 0 aliphatic carbocycles. The summed E-state index contributed by atoms with van der Waals surface area (Å²) in [5.74, 6) is -3.03. The van der Waals surface area contributed by atoms with Crippen LogP contribution in [0, 0.1) is 11.6 Å². The van der Waals surface area contributed by atoms with E-state index in [0.717, 1.165) is 21.9 Å². The number of halogens is 6. The zero-order valence-corrected chi connectivity index (χ0v) is 16.4. The van der Waals surface area contributed by atoms with Crippen molar-refractivity contribution < 1.29 is 31.5 Å². The van der Waals surface area contributed by atoms with Gasteiger partial charge in [0.1, 0.15) is 22.7 Å². The van der Waals surface area contributed by atoms with E-state index >= 15 is 0 Å². The Bertz CT molecular complexity index is 838. The number of amides is 3. The molecule has 3 atom stereocenters. The number of carbonyl (C=O) groups excluding carboxylic acids is 2. The molecule has 2 aliphatic rings. The summed E-state index contributed by atoms with van der Waals surface area (Å²) in [7, 11) is 0. The first-order valence-electron chi connectivity index (χ1n) is 9.30. The van der Waals surface area contributed by atoms with Gasteiger partial charge in [-0.1, -0.05) is 24.1 Å². The van der Waals surface area contributed by atoms with Gasteiger partial charge in [-0.25, -0.2) is 13.6 Å². The zero-order chi connectivity index (χ0) is 22.2. The van der Waals surface area contributed by atoms with Crippen LogP contribution in [0.25, 0.3) is 0 Å². The van der Waals surface area contributed by atoms with E-state index < -0.39 is 59.4 Å². The molecule has 0 saturated carbocycles. The molecule has 3 N–H and O–H groups in total. The van der Waals surface area contributed by atoms with Crippen molar-refractivity contribution in [2.75, 3.05) is 19.6 Å². The van der Waals surface area contributed by atoms with Gasteiger partial charge in [0.05, 0.1) is 19.1 Å². The summed E-state index contributed by atoms with van der Waals surface area (Å²) in [6.07, 6.45) is -3.22. The molecule has 2 heterocycles. The Morgan fingerprint density at radius 1 is 1.30 bits per heavy atom. The normalized spacial score (nSPS) is 24.1. The second-order valence-electron chi connectivity index (χ2n) is 7.42. The van der Waals surface area contributed by atoms with Crippen molar-refractivity contribution in [1.82, 2.24) is 15.1 Å². The van der Waals surface area contributed by atoms with E-state index in [9.17, 15) is 31.5 Å². The highest BCUT2D eigenvalue weighted by Gasteiger charge is 2.46. The smallest absolute Gasteiger partial charge is 0.368 e. The van der Waals surface area contributed by atoms with E-state index in [-0.39, 0.29) is 25.1 Å². The maximum atomic E-state index is 14.9. The molecule has 1 aromatic carbocycles. The molecule has 0 aromatic heterocycles. The Labute approximate surface area is 174 Å². The lowest BCUT2D eigenvalue weighted by Crippen LogP contribution is -2.52. The van der Waals surface area contributed by atoms with Gasteiger partial charge >= 0.3 is 12.2 Å². The minimum atomic E-state index is -4.51. The summed E-state index contributed by atoms with van der Waals surface area (Å²) in [5, 5.41) is 1.53. The highest BCUT2D eigenvalue weighted by molar-refractivity contribution is 6.31. The molecule has 1 unspecified atom stereocenters. The molecule has 3 amide bonds. The van der Waals surface area contributed by atoms with Crippen LogP contribution < -0.4 is 11.1 Å². The summed E-state index contributed by atoms with van der Waals surface area (Å²) in [6.45, 7) is -1.42. The molecule has 2 saturated heterocycles. The highest BCUT2D eigenvalue weighted by Crippen LogP contribution is 2.39. The summed E-state index contributed by atoms with van der Waals surface area (Å²) in [5.41, 5.74) is 5.02. The number of benzene rings is 1. The van der Waals surface area contributed by atoms with Crippen molar-refractivity contribution in [3.63, 3.8) is 0 Å². The van der Waals surface area contributed by atoms with Crippen LogP contribution in [0.15, 0.2) is 12.1 Å². The fourth-order valence-corrected chi connectivity index (χ4v) is 4.28. The Kier molecular flexibility index (Phi) is 6.42. The Hall–Kier alpha value is -2.14. The second kappa shape index (κ2) is 8.54. The number of piperidine rings is 1. The molecule has 166 valence electrons. The first-order chi connectivity index (χ1) is 14.0. The minimum Gasteiger partial charge on any atom is -0.368 e. The van der Waals surface area contributed by atoms with E-state index in [2.05, 4.69) is 5.32 Å². The van der Waals surface area contributed by atoms with Gasteiger partial charge in [0, 0.05) is 11.6 Å². The van der Waals surface area contributed by atoms with E-state index in [0.29, 0.717) is 12.8 Å². The molecule has 2 fully saturated rings. The van der Waals surface area contributed by atoms with Crippen LogP contribution in [-0.4, -0.2) is 59.6 Å². The fraction of sp³-hybridized carbons (Fsp3) is 0.556. The summed E-state index contributed by atoms with van der Waals surface area (Å²) >= 11 is 5.69. The fourth-order valence-electron chi connectivity index (χ4n) is 4.11. The van der Waals surface area contributed by atoms with E-state index in [4.69, 9.17) is 17.3 Å². The average Bonchev–Trinajstić information content (AvgIpc) is 3.04. The Balaban J connectivity index is 2.06. The number of nitrogens with two attached hydrogens (primary N) is 1. The molecule has 12 heteroatoms. The maximum absolute atomic E-state index is 14.9. The minimum absolute atomic E-state index is 0.0892. The van der Waals surface area contributed by atoms with Gasteiger partial charge in [0.25, 0.3) is 0 Å². The molecular formula is C18H20ClF5N4O2. The summed E-state index contributed by atoms with van der Waals surface area (Å²) < 4.78 is 68.1. The third-order valence-electron chi connectivity index (χ3n) is 5.41. The SMILES string of the molecule is NC(=O)C1CN([C@H](c2ccc(F)c(Cl)c2F)[C@H]2CCCCN2CC(F)(F)F)C(=O)N1. The number of primary amides is 1. The molecule has 30 heavy (non-hydrogen) atoms. The van der Waals surface area contributed by atoms with Gasteiger partial charge in [-0.15, -0.1) is 0 Å². The largest absolute Gasteiger partial charge is 0.401 e. The number of urea groups is 1. The first kappa shape index (κ1) is 22.5. The van der Waals surface area contributed by atoms with Crippen LogP contribution in [0.5, 0.6) is 0 Å². The molecular weight excluding hydrogens is 435 g/mol. The molecule has 1 aromatic rings. The van der Waals surface area contributed by atoms with Crippen LogP contribution >= 0.6 is 11.6 Å². The van der Waals surface area contributed by atoms with Crippen LogP contribution in [-0.2, 0) is 4.79 Å². The number of rotatable bonds is 5. The average molecular weight is 455 g/mol. The maximum Gasteiger partial charge on any atom is 0.401 e. The van der Waals surface area contributed by atoms with Gasteiger partial charge in [-0.05, 0) is 25.5 Å². The number of nitrogens with one attached hydrogen (secondary N) is 1. The van der Waals surface area contributed by atoms with Gasteiger partial charge in [-0.3, -0.25) is 9.69 Å². The van der Waals surface area contributed by atoms with E-state index in [1.54, 1.807) is 0 Å². The van der Waals surface area contributed by atoms with E-state index in [1.165, 1.54) is 0 Å². The number of alkyl halides is 3. The Morgan fingerprint density at radius 3 is 2.60 bits per heavy atom. The predicted molar refractivity (Wildman–Crippen MR) is 97.6 cm³/mol. The first-order valence-corrected chi connectivity index (χ1v) is 9.68. The van der Waals surface area contributed by atoms with Gasteiger partial charge in [-0.2, -0.15) is 13.2 Å². The monoisotopic (exact) mass is 454 g/mol. The van der Waals surface area contributed by atoms with Gasteiger partial charge in [0.15, 0.2) is 0 Å². The van der Waals surface area contributed by atoms with Crippen molar-refractivity contribution >= 4 is 23.5 Å². The standard InChI is InChI=1S/C18H20ClF5N4O2/c19-13-10(20)5-4-9(14(13)21)15(28-7-11(16(25)29)26-17(28)30)12-3-1-2-6-27(12)8-18(22,23)24/h4-5,11-12,15H,1-3,6-8H2,(H2,25,29)(H,26,30)/t11?,12-,15-/m1/s1. The number of hydrogen-bond acceptors (Lipinski definition) is 3. The lowest BCUT2D eigenvalue weighted by atomic mass is 9.89.